The minimum atomic E-state index is -0.360. The number of hydrogen-bond donors (Lipinski definition) is 1. The third-order valence-electron chi connectivity index (χ3n) is 3.58. The number of benzene rings is 1. The van der Waals surface area contributed by atoms with Crippen molar-refractivity contribution < 1.29 is 19.1 Å². The van der Waals surface area contributed by atoms with Gasteiger partial charge in [0.15, 0.2) is 0 Å². The van der Waals surface area contributed by atoms with Crippen LogP contribution in [0.3, 0.4) is 0 Å². The van der Waals surface area contributed by atoms with Gasteiger partial charge in [-0.15, -0.1) is 0 Å². The fourth-order valence-electron chi connectivity index (χ4n) is 2.41. The van der Waals surface area contributed by atoms with Gasteiger partial charge in [0.25, 0.3) is 11.1 Å². The average molecular weight is 384 g/mol. The molecule has 0 spiro atoms. The molecule has 27 heavy (non-hydrogen) atoms. The van der Waals surface area contributed by atoms with E-state index >= 15 is 0 Å². The van der Waals surface area contributed by atoms with Crippen molar-refractivity contribution in [1.82, 2.24) is 10.3 Å². The number of nitrogens with one attached hydrogen (secondary N) is 1. The molecule has 0 aliphatic carbocycles. The molecule has 0 atom stereocenters. The van der Waals surface area contributed by atoms with Gasteiger partial charge in [-0.05, 0) is 55.4 Å². The van der Waals surface area contributed by atoms with Gasteiger partial charge in [-0.25, -0.2) is 4.98 Å². The summed E-state index contributed by atoms with van der Waals surface area (Å²) in [7, 11) is 0. The smallest absolute Gasteiger partial charge is 0.290 e. The zero-order valence-corrected chi connectivity index (χ0v) is 15.9. The number of aromatic nitrogens is 1. The number of carbonyl (C=O) groups is 2. The van der Waals surface area contributed by atoms with Crippen LogP contribution >= 0.6 is 11.8 Å². The summed E-state index contributed by atoms with van der Waals surface area (Å²) in [5.74, 6) is 0.986. The van der Waals surface area contributed by atoms with E-state index < -0.39 is 0 Å². The molecule has 0 radical (unpaired) electrons. The van der Waals surface area contributed by atoms with Gasteiger partial charge in [0.1, 0.15) is 5.75 Å². The SMILES string of the molecule is CC(C)Oc1cccc(CCOc2ccc(C=C3SC(=O)NC3=O)cc2)n1. The number of ether oxygens (including phenoxy) is 2. The van der Waals surface area contributed by atoms with Gasteiger partial charge in [-0.1, -0.05) is 18.2 Å². The van der Waals surface area contributed by atoms with E-state index in [1.165, 1.54) is 0 Å². The van der Waals surface area contributed by atoms with Crippen LogP contribution in [0.1, 0.15) is 25.1 Å². The lowest BCUT2D eigenvalue weighted by Crippen LogP contribution is -2.17. The number of hydrogen-bond acceptors (Lipinski definition) is 6. The molecular formula is C20H20N2O4S. The monoisotopic (exact) mass is 384 g/mol. The van der Waals surface area contributed by atoms with Crippen molar-refractivity contribution in [2.75, 3.05) is 6.61 Å². The summed E-state index contributed by atoms with van der Waals surface area (Å²) in [5, 5.41) is 1.89. The summed E-state index contributed by atoms with van der Waals surface area (Å²) in [5.41, 5.74) is 1.73. The number of pyridine rings is 1. The van der Waals surface area contributed by atoms with Gasteiger partial charge in [0.2, 0.25) is 5.88 Å². The first-order chi connectivity index (χ1) is 13.0. The van der Waals surface area contributed by atoms with Crippen molar-refractivity contribution in [3.63, 3.8) is 0 Å². The predicted octanol–water partition coefficient (Wildman–Crippen LogP) is 3.81. The molecule has 1 aromatic carbocycles. The van der Waals surface area contributed by atoms with E-state index in [2.05, 4.69) is 10.3 Å². The molecule has 140 valence electrons. The Kier molecular flexibility index (Phi) is 6.13. The lowest BCUT2D eigenvalue weighted by atomic mass is 10.2. The van der Waals surface area contributed by atoms with E-state index in [0.29, 0.717) is 23.8 Å². The van der Waals surface area contributed by atoms with Crippen LogP contribution in [0.15, 0.2) is 47.4 Å². The molecule has 1 aromatic heterocycles. The highest BCUT2D eigenvalue weighted by Gasteiger charge is 2.24. The maximum atomic E-state index is 11.6. The van der Waals surface area contributed by atoms with E-state index in [1.54, 1.807) is 6.08 Å². The van der Waals surface area contributed by atoms with Gasteiger partial charge >= 0.3 is 0 Å². The van der Waals surface area contributed by atoms with Gasteiger partial charge < -0.3 is 9.47 Å². The molecule has 0 saturated carbocycles. The first kappa shape index (κ1) is 19.0. The summed E-state index contributed by atoms with van der Waals surface area (Å²) >= 11 is 0.902. The Hall–Kier alpha value is -2.80. The van der Waals surface area contributed by atoms with Gasteiger partial charge in [0, 0.05) is 18.2 Å². The molecule has 2 heterocycles. The number of carbonyl (C=O) groups excluding carboxylic acids is 2. The summed E-state index contributed by atoms with van der Waals surface area (Å²) in [6, 6.07) is 13.0. The van der Waals surface area contributed by atoms with Crippen LogP contribution in [-0.4, -0.2) is 28.8 Å². The number of amides is 2. The number of imide groups is 1. The molecule has 0 unspecified atom stereocenters. The van der Waals surface area contributed by atoms with Crippen LogP contribution in [0.5, 0.6) is 11.6 Å². The minimum Gasteiger partial charge on any atom is -0.493 e. The Morgan fingerprint density at radius 3 is 2.59 bits per heavy atom. The Morgan fingerprint density at radius 1 is 1.15 bits per heavy atom. The fourth-order valence-corrected chi connectivity index (χ4v) is 3.09. The van der Waals surface area contributed by atoms with Crippen molar-refractivity contribution in [2.24, 2.45) is 0 Å². The van der Waals surface area contributed by atoms with Crippen LogP contribution < -0.4 is 14.8 Å². The number of thioether (sulfide) groups is 1. The minimum absolute atomic E-state index is 0.0873. The molecule has 1 fully saturated rings. The maximum absolute atomic E-state index is 11.6. The fraction of sp³-hybridized carbons (Fsp3) is 0.250. The highest BCUT2D eigenvalue weighted by Crippen LogP contribution is 2.26. The van der Waals surface area contributed by atoms with Gasteiger partial charge in [-0.2, -0.15) is 0 Å². The summed E-state index contributed by atoms with van der Waals surface area (Å²) in [6.45, 7) is 4.42. The summed E-state index contributed by atoms with van der Waals surface area (Å²) in [6.07, 6.45) is 2.43. The van der Waals surface area contributed by atoms with E-state index in [4.69, 9.17) is 9.47 Å². The topological polar surface area (TPSA) is 77.5 Å². The molecule has 1 aliphatic heterocycles. The maximum Gasteiger partial charge on any atom is 0.290 e. The van der Waals surface area contributed by atoms with Gasteiger partial charge in [-0.3, -0.25) is 14.9 Å². The van der Waals surface area contributed by atoms with Crippen LogP contribution in [0.4, 0.5) is 4.79 Å². The predicted molar refractivity (Wildman–Crippen MR) is 105 cm³/mol. The molecule has 2 aromatic rings. The number of rotatable bonds is 7. The first-order valence-electron chi connectivity index (χ1n) is 8.60. The number of nitrogens with zero attached hydrogens (tertiary/aromatic N) is 1. The highest BCUT2D eigenvalue weighted by atomic mass is 32.2. The van der Waals surface area contributed by atoms with Crippen molar-refractivity contribution in [2.45, 2.75) is 26.4 Å². The standard InChI is InChI=1S/C20H20N2O4S/c1-13(2)26-18-5-3-4-15(21-18)10-11-25-16-8-6-14(7-9-16)12-17-19(23)22-20(24)27-17/h3-9,12-13H,10-11H2,1-2H3,(H,22,23,24). The lowest BCUT2D eigenvalue weighted by Gasteiger charge is -2.10. The zero-order chi connectivity index (χ0) is 19.2. The van der Waals surface area contributed by atoms with Crippen LogP contribution in [0.25, 0.3) is 6.08 Å². The molecule has 7 heteroatoms. The largest absolute Gasteiger partial charge is 0.493 e. The second-order valence-corrected chi connectivity index (χ2v) is 7.17. The van der Waals surface area contributed by atoms with Crippen molar-refractivity contribution in [3.8, 4) is 11.6 Å². The van der Waals surface area contributed by atoms with Crippen LogP contribution in [0.2, 0.25) is 0 Å². The van der Waals surface area contributed by atoms with Crippen LogP contribution in [-0.2, 0) is 11.2 Å². The molecule has 1 aliphatic rings. The van der Waals surface area contributed by atoms with E-state index in [0.717, 1.165) is 28.8 Å². The van der Waals surface area contributed by atoms with Gasteiger partial charge in [0.05, 0.1) is 17.6 Å². The van der Waals surface area contributed by atoms with Crippen LogP contribution in [0, 0.1) is 0 Å². The zero-order valence-electron chi connectivity index (χ0n) is 15.1. The van der Waals surface area contributed by atoms with E-state index in [1.807, 2.05) is 56.3 Å². The third kappa shape index (κ3) is 5.59. The Labute approximate surface area is 162 Å². The molecule has 1 N–H and O–H groups in total. The molecular weight excluding hydrogens is 364 g/mol. The summed E-state index contributed by atoms with van der Waals surface area (Å²) in [4.78, 5) is 27.6. The van der Waals surface area contributed by atoms with E-state index in [9.17, 15) is 9.59 Å². The molecule has 3 rings (SSSR count). The van der Waals surface area contributed by atoms with Crippen molar-refractivity contribution in [3.05, 3.63) is 58.6 Å². The Balaban J connectivity index is 1.53. The average Bonchev–Trinajstić information content (AvgIpc) is 2.93. The first-order valence-corrected chi connectivity index (χ1v) is 9.41. The highest BCUT2D eigenvalue weighted by molar-refractivity contribution is 8.18. The molecule has 1 saturated heterocycles. The van der Waals surface area contributed by atoms with Crippen molar-refractivity contribution in [1.29, 1.82) is 0 Å². The Morgan fingerprint density at radius 2 is 1.93 bits per heavy atom. The quantitative estimate of drug-likeness (QED) is 0.732. The lowest BCUT2D eigenvalue weighted by molar-refractivity contribution is -0.115. The molecule has 6 nitrogen and oxygen atoms in total. The molecule has 0 bridgehead atoms. The second-order valence-electron chi connectivity index (χ2n) is 6.15. The van der Waals surface area contributed by atoms with E-state index in [-0.39, 0.29) is 17.3 Å². The Bertz CT molecular complexity index is 863. The molecule has 2 amide bonds. The summed E-state index contributed by atoms with van der Waals surface area (Å²) < 4.78 is 11.3. The normalized spacial score (nSPS) is 15.3. The third-order valence-corrected chi connectivity index (χ3v) is 4.40. The van der Waals surface area contributed by atoms with Crippen molar-refractivity contribution >= 4 is 29.0 Å². The second kappa shape index (κ2) is 8.73.